The van der Waals surface area contributed by atoms with Gasteiger partial charge in [0.2, 0.25) is 0 Å². The zero-order chi connectivity index (χ0) is 6.85. The molecule has 9 heavy (non-hydrogen) atoms. The molecule has 0 amide bonds. The standard InChI is InChI=1S/C8H17N/c1-4-8-7(2)5-6-9(8)3/h7-8H,4-6H2,1-3H3/t7-,8+/m1/s1. The molecule has 1 heteroatoms. The van der Waals surface area contributed by atoms with E-state index in [2.05, 4.69) is 25.8 Å². The first-order chi connectivity index (χ1) is 4.25. The van der Waals surface area contributed by atoms with Gasteiger partial charge in [0.25, 0.3) is 0 Å². The van der Waals surface area contributed by atoms with Gasteiger partial charge in [0.05, 0.1) is 0 Å². The molecule has 1 aliphatic heterocycles. The maximum Gasteiger partial charge on any atom is 0.0116 e. The predicted octanol–water partition coefficient (Wildman–Crippen LogP) is 1.74. The van der Waals surface area contributed by atoms with E-state index in [1.165, 1.54) is 19.4 Å². The van der Waals surface area contributed by atoms with Crippen LogP contribution in [0.5, 0.6) is 0 Å². The van der Waals surface area contributed by atoms with Crippen molar-refractivity contribution in [2.45, 2.75) is 32.7 Å². The zero-order valence-electron chi connectivity index (χ0n) is 6.72. The summed E-state index contributed by atoms with van der Waals surface area (Å²) in [7, 11) is 2.23. The first-order valence-electron chi connectivity index (χ1n) is 3.96. The summed E-state index contributed by atoms with van der Waals surface area (Å²) >= 11 is 0. The first kappa shape index (κ1) is 7.07. The van der Waals surface area contributed by atoms with Crippen LogP contribution in [0.3, 0.4) is 0 Å². The molecule has 1 nitrogen and oxygen atoms in total. The van der Waals surface area contributed by atoms with E-state index in [4.69, 9.17) is 0 Å². The Balaban J connectivity index is 2.44. The van der Waals surface area contributed by atoms with Crippen LogP contribution in [0.15, 0.2) is 0 Å². The molecule has 1 aliphatic rings. The molecule has 2 atom stereocenters. The maximum atomic E-state index is 2.48. The van der Waals surface area contributed by atoms with Crippen molar-refractivity contribution in [3.63, 3.8) is 0 Å². The molecule has 1 fully saturated rings. The summed E-state index contributed by atoms with van der Waals surface area (Å²) < 4.78 is 0. The minimum absolute atomic E-state index is 0.866. The third kappa shape index (κ3) is 1.26. The van der Waals surface area contributed by atoms with Gasteiger partial charge in [0, 0.05) is 6.04 Å². The number of likely N-dealkylation sites (tertiary alicyclic amines) is 1. The molecule has 1 rings (SSSR count). The van der Waals surface area contributed by atoms with Crippen molar-refractivity contribution in [3.8, 4) is 0 Å². The van der Waals surface area contributed by atoms with E-state index >= 15 is 0 Å². The van der Waals surface area contributed by atoms with Crippen molar-refractivity contribution in [1.82, 2.24) is 4.90 Å². The van der Waals surface area contributed by atoms with Crippen LogP contribution in [-0.4, -0.2) is 24.5 Å². The molecule has 0 radical (unpaired) electrons. The van der Waals surface area contributed by atoms with Gasteiger partial charge in [-0.2, -0.15) is 0 Å². The second-order valence-corrected chi connectivity index (χ2v) is 3.22. The van der Waals surface area contributed by atoms with Crippen molar-refractivity contribution in [2.24, 2.45) is 5.92 Å². The lowest BCUT2D eigenvalue weighted by Gasteiger charge is -2.20. The van der Waals surface area contributed by atoms with Gasteiger partial charge in [-0.15, -0.1) is 0 Å². The van der Waals surface area contributed by atoms with Gasteiger partial charge in [-0.05, 0) is 32.4 Å². The van der Waals surface area contributed by atoms with Crippen molar-refractivity contribution >= 4 is 0 Å². The fourth-order valence-corrected chi connectivity index (χ4v) is 1.91. The van der Waals surface area contributed by atoms with Gasteiger partial charge >= 0.3 is 0 Å². The lowest BCUT2D eigenvalue weighted by atomic mass is 10.0. The molecule has 0 aromatic heterocycles. The molecule has 54 valence electrons. The molecule has 0 spiro atoms. The van der Waals surface area contributed by atoms with Crippen molar-refractivity contribution in [2.75, 3.05) is 13.6 Å². The average molecular weight is 127 g/mol. The zero-order valence-corrected chi connectivity index (χ0v) is 6.72. The second-order valence-electron chi connectivity index (χ2n) is 3.22. The van der Waals surface area contributed by atoms with Crippen molar-refractivity contribution < 1.29 is 0 Å². The van der Waals surface area contributed by atoms with Gasteiger partial charge in [0.1, 0.15) is 0 Å². The molecule has 0 bridgehead atoms. The molecule has 0 aromatic carbocycles. The lowest BCUT2D eigenvalue weighted by Crippen LogP contribution is -2.27. The van der Waals surface area contributed by atoms with E-state index in [-0.39, 0.29) is 0 Å². The fraction of sp³-hybridized carbons (Fsp3) is 1.00. The fourth-order valence-electron chi connectivity index (χ4n) is 1.91. The van der Waals surface area contributed by atoms with E-state index in [0.29, 0.717) is 0 Å². The Hall–Kier alpha value is -0.0400. The number of hydrogen-bond acceptors (Lipinski definition) is 1. The normalized spacial score (nSPS) is 37.7. The quantitative estimate of drug-likeness (QED) is 0.518. The molecule has 1 heterocycles. The molecule has 0 N–H and O–H groups in total. The topological polar surface area (TPSA) is 3.24 Å². The lowest BCUT2D eigenvalue weighted by molar-refractivity contribution is 0.272. The highest BCUT2D eigenvalue weighted by molar-refractivity contribution is 4.80. The molecule has 1 saturated heterocycles. The summed E-state index contributed by atoms with van der Waals surface area (Å²) in [6.07, 6.45) is 2.71. The maximum absolute atomic E-state index is 2.48. The summed E-state index contributed by atoms with van der Waals surface area (Å²) in [5.74, 6) is 0.931. The highest BCUT2D eigenvalue weighted by Crippen LogP contribution is 2.23. The van der Waals surface area contributed by atoms with E-state index in [9.17, 15) is 0 Å². The third-order valence-electron chi connectivity index (χ3n) is 2.58. The highest BCUT2D eigenvalue weighted by atomic mass is 15.1. The summed E-state index contributed by atoms with van der Waals surface area (Å²) in [6, 6.07) is 0.866. The summed E-state index contributed by atoms with van der Waals surface area (Å²) in [5.41, 5.74) is 0. The predicted molar refractivity (Wildman–Crippen MR) is 40.5 cm³/mol. The van der Waals surface area contributed by atoms with Gasteiger partial charge < -0.3 is 4.90 Å². The van der Waals surface area contributed by atoms with E-state index in [1.54, 1.807) is 0 Å². The third-order valence-corrected chi connectivity index (χ3v) is 2.58. The van der Waals surface area contributed by atoms with Gasteiger partial charge in [0.15, 0.2) is 0 Å². The molecule has 0 saturated carbocycles. The van der Waals surface area contributed by atoms with Crippen LogP contribution < -0.4 is 0 Å². The Morgan fingerprint density at radius 1 is 1.56 bits per heavy atom. The monoisotopic (exact) mass is 127 g/mol. The van der Waals surface area contributed by atoms with Crippen molar-refractivity contribution in [1.29, 1.82) is 0 Å². The summed E-state index contributed by atoms with van der Waals surface area (Å²) in [4.78, 5) is 2.48. The minimum atomic E-state index is 0.866. The van der Waals surface area contributed by atoms with E-state index in [1.807, 2.05) is 0 Å². The van der Waals surface area contributed by atoms with Crippen LogP contribution >= 0.6 is 0 Å². The highest BCUT2D eigenvalue weighted by Gasteiger charge is 2.25. The van der Waals surface area contributed by atoms with Gasteiger partial charge in [-0.1, -0.05) is 13.8 Å². The van der Waals surface area contributed by atoms with Crippen molar-refractivity contribution in [3.05, 3.63) is 0 Å². The Morgan fingerprint density at radius 2 is 2.22 bits per heavy atom. The summed E-state index contributed by atoms with van der Waals surface area (Å²) in [5, 5.41) is 0. The van der Waals surface area contributed by atoms with Crippen LogP contribution in [0.25, 0.3) is 0 Å². The Kier molecular flexibility index (Phi) is 2.12. The van der Waals surface area contributed by atoms with Crippen LogP contribution in [0.2, 0.25) is 0 Å². The Morgan fingerprint density at radius 3 is 2.44 bits per heavy atom. The van der Waals surface area contributed by atoms with Gasteiger partial charge in [-0.25, -0.2) is 0 Å². The Bertz CT molecular complexity index is 80.6. The molecule has 0 unspecified atom stereocenters. The van der Waals surface area contributed by atoms with Crippen LogP contribution in [0.4, 0.5) is 0 Å². The second kappa shape index (κ2) is 2.70. The largest absolute Gasteiger partial charge is 0.303 e. The molecule has 0 aromatic rings. The van der Waals surface area contributed by atoms with Gasteiger partial charge in [-0.3, -0.25) is 0 Å². The van der Waals surface area contributed by atoms with Crippen LogP contribution in [0, 0.1) is 5.92 Å². The first-order valence-corrected chi connectivity index (χ1v) is 3.96. The molecule has 0 aliphatic carbocycles. The number of hydrogen-bond donors (Lipinski definition) is 0. The molecular weight excluding hydrogens is 110 g/mol. The summed E-state index contributed by atoms with van der Waals surface area (Å²) in [6.45, 7) is 5.94. The van der Waals surface area contributed by atoms with Crippen LogP contribution in [0.1, 0.15) is 26.7 Å². The Labute approximate surface area is 58.0 Å². The number of rotatable bonds is 1. The molecular formula is C8H17N. The SMILES string of the molecule is CC[C@H]1[C@H](C)CCN1C. The minimum Gasteiger partial charge on any atom is -0.303 e. The smallest absolute Gasteiger partial charge is 0.0116 e. The number of nitrogens with zero attached hydrogens (tertiary/aromatic N) is 1. The average Bonchev–Trinajstić information content (AvgIpc) is 2.12. The van der Waals surface area contributed by atoms with E-state index < -0.39 is 0 Å². The van der Waals surface area contributed by atoms with Crippen LogP contribution in [-0.2, 0) is 0 Å². The van der Waals surface area contributed by atoms with E-state index in [0.717, 1.165) is 12.0 Å².